The van der Waals surface area contributed by atoms with Gasteiger partial charge in [-0.25, -0.2) is 0 Å². The zero-order valence-corrected chi connectivity index (χ0v) is 10.3. The molecule has 0 radical (unpaired) electrons. The second-order valence-electron chi connectivity index (χ2n) is 4.41. The van der Waals surface area contributed by atoms with Gasteiger partial charge in [-0.1, -0.05) is 19.9 Å². The SMILES string of the molecule is CC(C)CCC(=O)Nc1c(O)cccc1[N+](=O)[O-]. The molecule has 0 aliphatic heterocycles. The first-order valence-corrected chi connectivity index (χ1v) is 5.68. The molecule has 1 rings (SSSR count). The van der Waals surface area contributed by atoms with E-state index in [1.165, 1.54) is 18.2 Å². The molecule has 98 valence electrons. The summed E-state index contributed by atoms with van der Waals surface area (Å²) in [4.78, 5) is 21.7. The highest BCUT2D eigenvalue weighted by Crippen LogP contribution is 2.33. The highest BCUT2D eigenvalue weighted by Gasteiger charge is 2.19. The summed E-state index contributed by atoms with van der Waals surface area (Å²) in [5, 5.41) is 22.7. The molecule has 0 fully saturated rings. The second kappa shape index (κ2) is 6.00. The number of aromatic hydroxyl groups is 1. The summed E-state index contributed by atoms with van der Waals surface area (Å²) in [6, 6.07) is 3.89. The van der Waals surface area contributed by atoms with Crippen LogP contribution in [0.1, 0.15) is 26.7 Å². The van der Waals surface area contributed by atoms with Crippen LogP contribution in [-0.2, 0) is 4.79 Å². The number of para-hydroxylation sites is 1. The molecule has 1 aromatic carbocycles. The Morgan fingerprint density at radius 2 is 2.17 bits per heavy atom. The largest absolute Gasteiger partial charge is 0.505 e. The van der Waals surface area contributed by atoms with E-state index in [1.54, 1.807) is 0 Å². The molecule has 0 atom stereocenters. The van der Waals surface area contributed by atoms with Crippen molar-refractivity contribution in [3.63, 3.8) is 0 Å². The lowest BCUT2D eigenvalue weighted by Gasteiger charge is -2.08. The van der Waals surface area contributed by atoms with Crippen molar-refractivity contribution in [3.05, 3.63) is 28.3 Å². The third kappa shape index (κ3) is 3.73. The summed E-state index contributed by atoms with van der Waals surface area (Å²) in [5.74, 6) is -0.273. The van der Waals surface area contributed by atoms with Gasteiger partial charge in [0.25, 0.3) is 5.69 Å². The summed E-state index contributed by atoms with van der Waals surface area (Å²) in [5.41, 5.74) is -0.454. The Morgan fingerprint density at radius 3 is 2.72 bits per heavy atom. The molecular weight excluding hydrogens is 236 g/mol. The number of phenols is 1. The van der Waals surface area contributed by atoms with E-state index in [2.05, 4.69) is 5.32 Å². The zero-order valence-electron chi connectivity index (χ0n) is 10.3. The van der Waals surface area contributed by atoms with E-state index in [0.29, 0.717) is 12.3 Å². The first kappa shape index (κ1) is 14.0. The summed E-state index contributed by atoms with van der Waals surface area (Å²) < 4.78 is 0. The summed E-state index contributed by atoms with van der Waals surface area (Å²) >= 11 is 0. The molecule has 6 nitrogen and oxygen atoms in total. The Kier molecular flexibility index (Phi) is 4.65. The molecule has 0 spiro atoms. The van der Waals surface area contributed by atoms with E-state index >= 15 is 0 Å². The number of nitro benzene ring substituents is 1. The first-order chi connectivity index (χ1) is 8.41. The number of nitrogens with one attached hydrogen (secondary N) is 1. The molecule has 0 saturated carbocycles. The molecule has 0 heterocycles. The molecule has 0 aliphatic rings. The smallest absolute Gasteiger partial charge is 0.296 e. The molecule has 1 amide bonds. The van der Waals surface area contributed by atoms with Crippen LogP contribution in [0.2, 0.25) is 0 Å². The maximum atomic E-state index is 11.6. The average molecular weight is 252 g/mol. The second-order valence-corrected chi connectivity index (χ2v) is 4.41. The number of hydrogen-bond donors (Lipinski definition) is 2. The number of anilines is 1. The highest BCUT2D eigenvalue weighted by molar-refractivity contribution is 5.94. The maximum Gasteiger partial charge on any atom is 0.296 e. The molecule has 6 heteroatoms. The number of benzene rings is 1. The third-order valence-electron chi connectivity index (χ3n) is 2.43. The van der Waals surface area contributed by atoms with Crippen LogP contribution < -0.4 is 5.32 Å². The van der Waals surface area contributed by atoms with Gasteiger partial charge in [-0.05, 0) is 18.4 Å². The molecule has 0 saturated heterocycles. The van der Waals surface area contributed by atoms with Crippen LogP contribution in [0.5, 0.6) is 5.75 Å². The van der Waals surface area contributed by atoms with Crippen molar-refractivity contribution in [1.82, 2.24) is 0 Å². The van der Waals surface area contributed by atoms with Gasteiger partial charge in [-0.15, -0.1) is 0 Å². The Hall–Kier alpha value is -2.11. The molecule has 18 heavy (non-hydrogen) atoms. The number of amides is 1. The van der Waals surface area contributed by atoms with Gasteiger partial charge < -0.3 is 10.4 Å². The quantitative estimate of drug-likeness (QED) is 0.478. The topological polar surface area (TPSA) is 92.5 Å². The lowest BCUT2D eigenvalue weighted by Crippen LogP contribution is -2.13. The first-order valence-electron chi connectivity index (χ1n) is 5.68. The van der Waals surface area contributed by atoms with Gasteiger partial charge in [0.15, 0.2) is 5.69 Å². The zero-order chi connectivity index (χ0) is 13.7. The van der Waals surface area contributed by atoms with Crippen LogP contribution in [0, 0.1) is 16.0 Å². The molecule has 0 aromatic heterocycles. The highest BCUT2D eigenvalue weighted by atomic mass is 16.6. The Labute approximate surface area is 105 Å². The maximum absolute atomic E-state index is 11.6. The van der Waals surface area contributed by atoms with E-state index in [9.17, 15) is 20.0 Å². The summed E-state index contributed by atoms with van der Waals surface area (Å²) in [6.45, 7) is 3.96. The number of rotatable bonds is 5. The van der Waals surface area contributed by atoms with Gasteiger partial charge in [0.1, 0.15) is 5.75 Å². The summed E-state index contributed by atoms with van der Waals surface area (Å²) in [6.07, 6.45) is 0.955. The van der Waals surface area contributed by atoms with Gasteiger partial charge >= 0.3 is 0 Å². The van der Waals surface area contributed by atoms with Gasteiger partial charge in [-0.2, -0.15) is 0 Å². The van der Waals surface area contributed by atoms with Crippen LogP contribution in [0.3, 0.4) is 0 Å². The van der Waals surface area contributed by atoms with E-state index in [4.69, 9.17) is 0 Å². The number of hydrogen-bond acceptors (Lipinski definition) is 4. The van der Waals surface area contributed by atoms with Crippen molar-refractivity contribution >= 4 is 17.3 Å². The van der Waals surface area contributed by atoms with Crippen molar-refractivity contribution in [2.45, 2.75) is 26.7 Å². The number of carbonyl (C=O) groups is 1. The van der Waals surface area contributed by atoms with Gasteiger partial charge in [0.05, 0.1) is 4.92 Å². The Bertz CT molecular complexity index is 457. The fraction of sp³-hybridized carbons (Fsp3) is 0.417. The fourth-order valence-corrected chi connectivity index (χ4v) is 1.43. The summed E-state index contributed by atoms with van der Waals surface area (Å²) in [7, 11) is 0. The number of nitro groups is 1. The van der Waals surface area contributed by atoms with E-state index < -0.39 is 4.92 Å². The lowest BCUT2D eigenvalue weighted by molar-refractivity contribution is -0.384. The van der Waals surface area contributed by atoms with Crippen LogP contribution in [0.4, 0.5) is 11.4 Å². The number of phenolic OH excluding ortho intramolecular Hbond substituents is 1. The normalized spacial score (nSPS) is 10.4. The van der Waals surface area contributed by atoms with Crippen molar-refractivity contribution in [2.75, 3.05) is 5.32 Å². The molecule has 2 N–H and O–H groups in total. The van der Waals surface area contributed by atoms with Gasteiger partial charge in [-0.3, -0.25) is 14.9 Å². The van der Waals surface area contributed by atoms with Crippen LogP contribution in [0.25, 0.3) is 0 Å². The van der Waals surface area contributed by atoms with Crippen LogP contribution in [0.15, 0.2) is 18.2 Å². The van der Waals surface area contributed by atoms with Crippen LogP contribution in [-0.4, -0.2) is 15.9 Å². The standard InChI is InChI=1S/C12H16N2O4/c1-8(2)6-7-11(16)13-12-9(14(17)18)4-3-5-10(12)15/h3-5,8,15H,6-7H2,1-2H3,(H,13,16). The molecule has 1 aromatic rings. The van der Waals surface area contributed by atoms with Gasteiger partial charge in [0, 0.05) is 12.5 Å². The fourth-order valence-electron chi connectivity index (χ4n) is 1.43. The Morgan fingerprint density at radius 1 is 1.50 bits per heavy atom. The molecular formula is C12H16N2O4. The van der Waals surface area contributed by atoms with E-state index in [0.717, 1.165) is 0 Å². The van der Waals surface area contributed by atoms with Crippen molar-refractivity contribution in [1.29, 1.82) is 0 Å². The molecule has 0 unspecified atom stereocenters. The Balaban J connectivity index is 2.83. The van der Waals surface area contributed by atoms with Crippen LogP contribution >= 0.6 is 0 Å². The minimum Gasteiger partial charge on any atom is -0.505 e. The molecule has 0 aliphatic carbocycles. The van der Waals surface area contributed by atoms with Crippen molar-refractivity contribution in [2.24, 2.45) is 5.92 Å². The predicted octanol–water partition coefficient (Wildman–Crippen LogP) is 2.68. The number of carbonyl (C=O) groups excluding carboxylic acids is 1. The van der Waals surface area contributed by atoms with Crippen molar-refractivity contribution < 1.29 is 14.8 Å². The number of nitrogens with zero attached hydrogens (tertiary/aromatic N) is 1. The minimum atomic E-state index is -0.641. The third-order valence-corrected chi connectivity index (χ3v) is 2.43. The lowest BCUT2D eigenvalue weighted by atomic mass is 10.1. The molecule has 0 bridgehead atoms. The minimum absolute atomic E-state index is 0.142. The van der Waals surface area contributed by atoms with Gasteiger partial charge in [0.2, 0.25) is 5.91 Å². The predicted molar refractivity (Wildman–Crippen MR) is 67.5 cm³/mol. The van der Waals surface area contributed by atoms with E-state index in [-0.39, 0.29) is 29.5 Å². The monoisotopic (exact) mass is 252 g/mol. The van der Waals surface area contributed by atoms with E-state index in [1.807, 2.05) is 13.8 Å². The van der Waals surface area contributed by atoms with Crippen molar-refractivity contribution in [3.8, 4) is 5.75 Å². The average Bonchev–Trinajstić information content (AvgIpc) is 2.28.